The fourth-order valence-corrected chi connectivity index (χ4v) is 2.25. The highest BCUT2D eigenvalue weighted by atomic mass is 32.1. The lowest BCUT2D eigenvalue weighted by Gasteiger charge is -1.98. The molecule has 0 spiro atoms. The van der Waals surface area contributed by atoms with Crippen molar-refractivity contribution in [2.45, 2.75) is 6.92 Å². The van der Waals surface area contributed by atoms with Gasteiger partial charge in [-0.05, 0) is 23.9 Å². The van der Waals surface area contributed by atoms with E-state index < -0.39 is 0 Å². The smallest absolute Gasteiger partial charge is 0.267 e. The van der Waals surface area contributed by atoms with E-state index in [0.29, 0.717) is 5.13 Å². The number of aryl methyl sites for hydroxylation is 1. The molecule has 2 heterocycles. The fraction of sp³-hybridized carbons (Fsp3) is 0.125. The lowest BCUT2D eigenvalue weighted by Crippen LogP contribution is -2.10. The van der Waals surface area contributed by atoms with Gasteiger partial charge >= 0.3 is 0 Å². The highest BCUT2D eigenvalue weighted by Crippen LogP contribution is 2.18. The molecule has 72 valence electrons. The zero-order valence-corrected chi connectivity index (χ0v) is 8.98. The van der Waals surface area contributed by atoms with Crippen LogP contribution in [0.1, 0.15) is 15.2 Å². The van der Waals surface area contributed by atoms with Crippen molar-refractivity contribution in [1.82, 2.24) is 10.2 Å². The summed E-state index contributed by atoms with van der Waals surface area (Å²) in [4.78, 5) is 12.4. The SMILES string of the molecule is Cc1ccsc1C(=O)Nc1nncs1. The third-order valence-electron chi connectivity index (χ3n) is 1.65. The van der Waals surface area contributed by atoms with E-state index in [1.54, 1.807) is 5.51 Å². The molecule has 0 aromatic carbocycles. The molecule has 0 radical (unpaired) electrons. The molecule has 2 rings (SSSR count). The van der Waals surface area contributed by atoms with Crippen LogP contribution < -0.4 is 5.32 Å². The van der Waals surface area contributed by atoms with Crippen LogP contribution in [-0.2, 0) is 0 Å². The molecule has 0 saturated carbocycles. The molecule has 6 heteroatoms. The Labute approximate surface area is 88.6 Å². The van der Waals surface area contributed by atoms with E-state index in [0.717, 1.165) is 10.4 Å². The van der Waals surface area contributed by atoms with Crippen LogP contribution in [0.25, 0.3) is 0 Å². The Hall–Kier alpha value is -1.27. The number of aromatic nitrogens is 2. The van der Waals surface area contributed by atoms with Crippen LogP contribution in [0.2, 0.25) is 0 Å². The van der Waals surface area contributed by atoms with Gasteiger partial charge in [-0.2, -0.15) is 0 Å². The average molecular weight is 225 g/mol. The molecule has 2 aromatic rings. The van der Waals surface area contributed by atoms with Crippen molar-refractivity contribution < 1.29 is 4.79 Å². The van der Waals surface area contributed by atoms with Crippen LogP contribution >= 0.6 is 22.7 Å². The standard InChI is InChI=1S/C8H7N3OS2/c1-5-2-3-13-6(5)7(12)10-8-11-9-4-14-8/h2-4H,1H3,(H,10,11,12). The summed E-state index contributed by atoms with van der Waals surface area (Å²) in [6, 6.07) is 1.92. The van der Waals surface area contributed by atoms with Crippen molar-refractivity contribution in [3.8, 4) is 0 Å². The van der Waals surface area contributed by atoms with E-state index in [2.05, 4.69) is 15.5 Å². The lowest BCUT2D eigenvalue weighted by atomic mass is 10.3. The summed E-state index contributed by atoms with van der Waals surface area (Å²) < 4.78 is 0. The second-order valence-electron chi connectivity index (χ2n) is 2.63. The first-order valence-corrected chi connectivity index (χ1v) is 5.65. The van der Waals surface area contributed by atoms with Crippen LogP contribution in [0.3, 0.4) is 0 Å². The topological polar surface area (TPSA) is 54.9 Å². The van der Waals surface area contributed by atoms with Gasteiger partial charge in [0.15, 0.2) is 0 Å². The van der Waals surface area contributed by atoms with Crippen molar-refractivity contribution in [1.29, 1.82) is 0 Å². The van der Waals surface area contributed by atoms with E-state index in [1.165, 1.54) is 22.7 Å². The summed E-state index contributed by atoms with van der Waals surface area (Å²) in [5.74, 6) is -0.116. The summed E-state index contributed by atoms with van der Waals surface area (Å²) in [5, 5.41) is 12.5. The minimum atomic E-state index is -0.116. The first-order valence-electron chi connectivity index (χ1n) is 3.89. The Bertz CT molecular complexity index is 435. The number of carbonyl (C=O) groups is 1. The lowest BCUT2D eigenvalue weighted by molar-refractivity contribution is 0.103. The molecular formula is C8H7N3OS2. The Balaban J connectivity index is 2.14. The molecule has 0 aliphatic rings. The fourth-order valence-electron chi connectivity index (χ4n) is 0.987. The summed E-state index contributed by atoms with van der Waals surface area (Å²) in [7, 11) is 0. The van der Waals surface area contributed by atoms with Gasteiger partial charge in [0.25, 0.3) is 5.91 Å². The second kappa shape index (κ2) is 3.85. The predicted molar refractivity (Wildman–Crippen MR) is 56.9 cm³/mol. The van der Waals surface area contributed by atoms with Crippen LogP contribution in [0.5, 0.6) is 0 Å². The maximum absolute atomic E-state index is 11.6. The van der Waals surface area contributed by atoms with E-state index >= 15 is 0 Å². The quantitative estimate of drug-likeness (QED) is 0.852. The van der Waals surface area contributed by atoms with E-state index in [1.807, 2.05) is 18.4 Å². The molecule has 0 aliphatic carbocycles. The van der Waals surface area contributed by atoms with Crippen molar-refractivity contribution in [2.75, 3.05) is 5.32 Å². The first-order chi connectivity index (χ1) is 6.77. The number of carbonyl (C=O) groups excluding carboxylic acids is 1. The Morgan fingerprint density at radius 2 is 2.36 bits per heavy atom. The van der Waals surface area contributed by atoms with E-state index in [-0.39, 0.29) is 5.91 Å². The molecule has 0 fully saturated rings. The minimum Gasteiger partial charge on any atom is -0.296 e. The van der Waals surface area contributed by atoms with Crippen LogP contribution in [-0.4, -0.2) is 16.1 Å². The number of anilines is 1. The third-order valence-corrected chi connectivity index (χ3v) is 3.27. The largest absolute Gasteiger partial charge is 0.296 e. The Morgan fingerprint density at radius 3 is 2.93 bits per heavy atom. The highest BCUT2D eigenvalue weighted by Gasteiger charge is 2.11. The Kier molecular flexibility index (Phi) is 2.55. The van der Waals surface area contributed by atoms with Gasteiger partial charge in [-0.25, -0.2) is 0 Å². The maximum Gasteiger partial charge on any atom is 0.267 e. The van der Waals surface area contributed by atoms with E-state index in [4.69, 9.17) is 0 Å². The van der Waals surface area contributed by atoms with Crippen molar-refractivity contribution >= 4 is 33.7 Å². The molecule has 1 N–H and O–H groups in total. The zero-order valence-electron chi connectivity index (χ0n) is 7.35. The molecule has 0 atom stereocenters. The van der Waals surface area contributed by atoms with Crippen LogP contribution in [0.15, 0.2) is 17.0 Å². The van der Waals surface area contributed by atoms with Crippen molar-refractivity contribution in [3.63, 3.8) is 0 Å². The molecule has 0 unspecified atom stereocenters. The number of hydrogen-bond acceptors (Lipinski definition) is 5. The third kappa shape index (κ3) is 1.80. The molecule has 2 aromatic heterocycles. The van der Waals surface area contributed by atoms with Crippen molar-refractivity contribution in [3.05, 3.63) is 27.4 Å². The number of nitrogens with zero attached hydrogens (tertiary/aromatic N) is 2. The molecular weight excluding hydrogens is 218 g/mol. The average Bonchev–Trinajstić information content (AvgIpc) is 2.75. The number of thiophene rings is 1. The minimum absolute atomic E-state index is 0.116. The molecule has 0 saturated heterocycles. The van der Waals surface area contributed by atoms with Gasteiger partial charge in [-0.1, -0.05) is 11.3 Å². The molecule has 14 heavy (non-hydrogen) atoms. The van der Waals surface area contributed by atoms with Gasteiger partial charge in [0, 0.05) is 0 Å². The van der Waals surface area contributed by atoms with E-state index in [9.17, 15) is 4.79 Å². The summed E-state index contributed by atoms with van der Waals surface area (Å²) in [5.41, 5.74) is 2.56. The van der Waals surface area contributed by atoms with Gasteiger partial charge in [0.1, 0.15) is 5.51 Å². The van der Waals surface area contributed by atoms with Crippen molar-refractivity contribution in [2.24, 2.45) is 0 Å². The number of nitrogens with one attached hydrogen (secondary N) is 1. The van der Waals surface area contributed by atoms with Crippen LogP contribution in [0, 0.1) is 6.92 Å². The summed E-state index contributed by atoms with van der Waals surface area (Å²) >= 11 is 2.73. The number of amides is 1. The van der Waals surface area contributed by atoms with Gasteiger partial charge in [0.2, 0.25) is 5.13 Å². The molecule has 0 bridgehead atoms. The zero-order chi connectivity index (χ0) is 9.97. The predicted octanol–water partition coefficient (Wildman–Crippen LogP) is 2.16. The normalized spacial score (nSPS) is 10.1. The molecule has 1 amide bonds. The highest BCUT2D eigenvalue weighted by molar-refractivity contribution is 7.14. The second-order valence-corrected chi connectivity index (χ2v) is 4.38. The number of hydrogen-bond donors (Lipinski definition) is 1. The van der Waals surface area contributed by atoms with Gasteiger partial charge in [-0.3, -0.25) is 10.1 Å². The van der Waals surface area contributed by atoms with Gasteiger partial charge < -0.3 is 0 Å². The summed E-state index contributed by atoms with van der Waals surface area (Å²) in [6.07, 6.45) is 0. The Morgan fingerprint density at radius 1 is 1.50 bits per heavy atom. The number of rotatable bonds is 2. The summed E-state index contributed by atoms with van der Waals surface area (Å²) in [6.45, 7) is 1.91. The maximum atomic E-state index is 11.6. The van der Waals surface area contributed by atoms with Gasteiger partial charge in [-0.15, -0.1) is 21.5 Å². The van der Waals surface area contributed by atoms with Gasteiger partial charge in [0.05, 0.1) is 4.88 Å². The first kappa shape index (κ1) is 9.29. The molecule has 4 nitrogen and oxygen atoms in total. The van der Waals surface area contributed by atoms with Crippen LogP contribution in [0.4, 0.5) is 5.13 Å². The molecule has 0 aliphatic heterocycles. The monoisotopic (exact) mass is 225 g/mol.